The molecule has 6 heteroatoms. The number of benzene rings is 1. The largest absolute Gasteiger partial charge is 0.305 e. The van der Waals surface area contributed by atoms with E-state index in [4.69, 9.17) is 0 Å². The van der Waals surface area contributed by atoms with Crippen LogP contribution in [0.4, 0.5) is 4.39 Å². The average molecular weight is 481 g/mol. The van der Waals surface area contributed by atoms with E-state index in [1.807, 2.05) is 6.07 Å². The molecule has 112 valence electrons. The molecule has 1 aromatic carbocycles. The van der Waals surface area contributed by atoms with Crippen molar-refractivity contribution in [1.29, 1.82) is 0 Å². The van der Waals surface area contributed by atoms with Crippen LogP contribution in [0.1, 0.15) is 30.6 Å². The molecule has 0 bridgehead atoms. The predicted molar refractivity (Wildman–Crippen MR) is 93.9 cm³/mol. The second-order valence-corrected chi connectivity index (χ2v) is 7.26. The maximum atomic E-state index is 14.2. The Morgan fingerprint density at radius 2 is 1.95 bits per heavy atom. The number of nitrogens with one attached hydrogen (secondary N) is 1. The van der Waals surface area contributed by atoms with Crippen molar-refractivity contribution in [3.05, 3.63) is 61.0 Å². The molecule has 1 heterocycles. The molecule has 0 fully saturated rings. The van der Waals surface area contributed by atoms with Gasteiger partial charge in [-0.15, -0.1) is 0 Å². The lowest BCUT2D eigenvalue weighted by atomic mass is 10.0. The molecule has 1 atom stereocenters. The van der Waals surface area contributed by atoms with Crippen LogP contribution in [0.25, 0.3) is 0 Å². The lowest BCUT2D eigenvalue weighted by molar-refractivity contribution is 0.537. The Morgan fingerprint density at radius 3 is 2.62 bits per heavy atom. The van der Waals surface area contributed by atoms with Gasteiger partial charge in [-0.2, -0.15) is 0 Å². The third-order valence-corrected chi connectivity index (χ3v) is 4.54. The summed E-state index contributed by atoms with van der Waals surface area (Å²) in [5, 5.41) is 3.36. The van der Waals surface area contributed by atoms with Crippen molar-refractivity contribution < 1.29 is 4.39 Å². The maximum Gasteiger partial charge on any atom is 0.128 e. The quantitative estimate of drug-likeness (QED) is 0.602. The van der Waals surface area contributed by atoms with Crippen LogP contribution in [0.3, 0.4) is 0 Å². The fourth-order valence-corrected chi connectivity index (χ4v) is 3.61. The minimum Gasteiger partial charge on any atom is -0.305 e. The molecule has 0 aliphatic rings. The van der Waals surface area contributed by atoms with E-state index in [0.717, 1.165) is 32.1 Å². The summed E-state index contributed by atoms with van der Waals surface area (Å²) in [4.78, 5) is 4.44. The Hall–Kier alpha value is -0.300. The second kappa shape index (κ2) is 7.81. The highest BCUT2D eigenvalue weighted by Crippen LogP contribution is 2.31. The monoisotopic (exact) mass is 478 g/mol. The number of halogens is 4. The molecular formula is C15H14Br3FN2. The third kappa shape index (κ3) is 4.34. The van der Waals surface area contributed by atoms with E-state index in [1.165, 1.54) is 6.07 Å². The molecule has 1 unspecified atom stereocenters. The lowest BCUT2D eigenvalue weighted by Crippen LogP contribution is -2.25. The molecule has 1 N–H and O–H groups in total. The molecule has 1 aromatic heterocycles. The topological polar surface area (TPSA) is 24.9 Å². The summed E-state index contributed by atoms with van der Waals surface area (Å²) < 4.78 is 16.8. The molecule has 0 saturated carbocycles. The number of hydrogen-bond acceptors (Lipinski definition) is 2. The van der Waals surface area contributed by atoms with E-state index in [2.05, 4.69) is 65.0 Å². The summed E-state index contributed by atoms with van der Waals surface area (Å²) in [6.07, 6.45) is 2.68. The van der Waals surface area contributed by atoms with Crippen LogP contribution in [0.2, 0.25) is 0 Å². The lowest BCUT2D eigenvalue weighted by Gasteiger charge is -2.20. The van der Waals surface area contributed by atoms with E-state index >= 15 is 0 Å². The van der Waals surface area contributed by atoms with Gasteiger partial charge >= 0.3 is 0 Å². The van der Waals surface area contributed by atoms with Gasteiger partial charge in [0.2, 0.25) is 0 Å². The zero-order valence-electron chi connectivity index (χ0n) is 11.3. The summed E-state index contributed by atoms with van der Waals surface area (Å²) >= 11 is 10.3. The first kappa shape index (κ1) is 17.1. The highest BCUT2D eigenvalue weighted by molar-refractivity contribution is 9.11. The summed E-state index contributed by atoms with van der Waals surface area (Å²) in [6.45, 7) is 2.85. The Kier molecular flexibility index (Phi) is 6.34. The summed E-state index contributed by atoms with van der Waals surface area (Å²) in [6, 6.07) is 6.56. The van der Waals surface area contributed by atoms with Crippen LogP contribution in [0, 0.1) is 5.82 Å². The molecule has 0 spiro atoms. The van der Waals surface area contributed by atoms with Crippen molar-refractivity contribution in [3.8, 4) is 0 Å². The smallest absolute Gasteiger partial charge is 0.128 e. The van der Waals surface area contributed by atoms with Gasteiger partial charge in [0.05, 0.1) is 11.7 Å². The van der Waals surface area contributed by atoms with Gasteiger partial charge in [-0.3, -0.25) is 4.98 Å². The highest BCUT2D eigenvalue weighted by Gasteiger charge is 2.21. The van der Waals surface area contributed by atoms with Crippen molar-refractivity contribution in [2.45, 2.75) is 19.4 Å². The number of aromatic nitrogens is 1. The Labute approximate surface area is 148 Å². The van der Waals surface area contributed by atoms with Crippen LogP contribution in [-0.4, -0.2) is 11.5 Å². The van der Waals surface area contributed by atoms with Gasteiger partial charge in [-0.1, -0.05) is 22.9 Å². The SMILES string of the molecule is CCCNC(c1cc(Br)ccc1F)c1ncc(Br)cc1Br. The van der Waals surface area contributed by atoms with Crippen LogP contribution in [0.15, 0.2) is 43.9 Å². The van der Waals surface area contributed by atoms with E-state index in [9.17, 15) is 4.39 Å². The normalized spacial score (nSPS) is 12.4. The molecule has 0 radical (unpaired) electrons. The first-order valence-electron chi connectivity index (χ1n) is 6.52. The molecule has 0 aliphatic heterocycles. The van der Waals surface area contributed by atoms with Crippen LogP contribution in [-0.2, 0) is 0 Å². The van der Waals surface area contributed by atoms with Gasteiger partial charge in [0.15, 0.2) is 0 Å². The maximum absolute atomic E-state index is 14.2. The molecule has 2 rings (SSSR count). The summed E-state index contributed by atoms with van der Waals surface area (Å²) in [7, 11) is 0. The first-order valence-corrected chi connectivity index (χ1v) is 8.90. The van der Waals surface area contributed by atoms with Crippen molar-refractivity contribution in [1.82, 2.24) is 10.3 Å². The number of rotatable bonds is 5. The van der Waals surface area contributed by atoms with E-state index in [-0.39, 0.29) is 11.9 Å². The predicted octanol–water partition coefficient (Wildman–Crippen LogP) is 5.60. The van der Waals surface area contributed by atoms with E-state index in [0.29, 0.717) is 5.56 Å². The van der Waals surface area contributed by atoms with Crippen LogP contribution < -0.4 is 5.32 Å². The molecule has 0 saturated heterocycles. The van der Waals surface area contributed by atoms with Crippen LogP contribution in [0.5, 0.6) is 0 Å². The van der Waals surface area contributed by atoms with Gasteiger partial charge < -0.3 is 5.32 Å². The van der Waals surface area contributed by atoms with Gasteiger partial charge in [0, 0.05) is 25.2 Å². The third-order valence-electron chi connectivity index (χ3n) is 2.98. The van der Waals surface area contributed by atoms with Gasteiger partial charge in [-0.05, 0) is 69.1 Å². The second-order valence-electron chi connectivity index (χ2n) is 4.57. The molecule has 0 aliphatic carbocycles. The van der Waals surface area contributed by atoms with Gasteiger partial charge in [-0.25, -0.2) is 4.39 Å². The molecule has 2 nitrogen and oxygen atoms in total. The molecular weight excluding hydrogens is 467 g/mol. The van der Waals surface area contributed by atoms with Crippen LogP contribution >= 0.6 is 47.8 Å². The Morgan fingerprint density at radius 1 is 1.19 bits per heavy atom. The van der Waals surface area contributed by atoms with Gasteiger partial charge in [0.25, 0.3) is 0 Å². The zero-order valence-corrected chi connectivity index (χ0v) is 16.1. The minimum absolute atomic E-state index is 0.247. The fourth-order valence-electron chi connectivity index (χ4n) is 2.02. The van der Waals surface area contributed by atoms with E-state index in [1.54, 1.807) is 18.3 Å². The molecule has 21 heavy (non-hydrogen) atoms. The Bertz CT molecular complexity index is 634. The van der Waals surface area contributed by atoms with Crippen molar-refractivity contribution in [3.63, 3.8) is 0 Å². The Balaban J connectivity index is 2.49. The first-order chi connectivity index (χ1) is 10.0. The van der Waals surface area contributed by atoms with E-state index < -0.39 is 0 Å². The average Bonchev–Trinajstić information content (AvgIpc) is 2.44. The molecule has 2 aromatic rings. The zero-order chi connectivity index (χ0) is 15.4. The summed E-state index contributed by atoms with van der Waals surface area (Å²) in [5.74, 6) is -0.247. The number of hydrogen-bond donors (Lipinski definition) is 1. The summed E-state index contributed by atoms with van der Waals surface area (Å²) in [5.41, 5.74) is 1.34. The highest BCUT2D eigenvalue weighted by atomic mass is 79.9. The number of nitrogens with zero attached hydrogens (tertiary/aromatic N) is 1. The fraction of sp³-hybridized carbons (Fsp3) is 0.267. The molecule has 0 amide bonds. The standard InChI is InChI=1S/C15H14Br3FN2/c1-2-5-20-14(11-6-9(16)3-4-13(11)19)15-12(18)7-10(17)8-21-15/h3-4,6-8,14,20H,2,5H2,1H3. The number of pyridine rings is 1. The van der Waals surface area contributed by atoms with Crippen molar-refractivity contribution >= 4 is 47.8 Å². The van der Waals surface area contributed by atoms with Crippen molar-refractivity contribution in [2.75, 3.05) is 6.54 Å². The van der Waals surface area contributed by atoms with Gasteiger partial charge in [0.1, 0.15) is 5.82 Å². The minimum atomic E-state index is -0.301. The van der Waals surface area contributed by atoms with Crippen molar-refractivity contribution in [2.24, 2.45) is 0 Å².